The second-order valence-electron chi connectivity index (χ2n) is 6.96. The molecule has 2 fully saturated rings. The molecule has 0 bridgehead atoms. The summed E-state index contributed by atoms with van der Waals surface area (Å²) in [4.78, 5) is 34.8. The molecule has 1 N–H and O–H groups in total. The molecule has 4 amide bonds. The van der Waals surface area contributed by atoms with Gasteiger partial charge in [-0.25, -0.2) is 9.59 Å². The Morgan fingerprint density at radius 2 is 1.89 bits per heavy atom. The number of benzene rings is 1. The molecule has 4 rings (SSSR count). The lowest BCUT2D eigenvalue weighted by molar-refractivity contribution is 0.129. The Morgan fingerprint density at radius 1 is 1.07 bits per heavy atom. The molecule has 1 aromatic carbocycles. The summed E-state index contributed by atoms with van der Waals surface area (Å²) in [5.74, 6) is 0. The molecule has 2 aliphatic rings. The zero-order valence-corrected chi connectivity index (χ0v) is 15.1. The molecule has 0 radical (unpaired) electrons. The van der Waals surface area contributed by atoms with Gasteiger partial charge in [0.15, 0.2) is 0 Å². The second-order valence-corrected chi connectivity index (χ2v) is 6.96. The van der Waals surface area contributed by atoms with Crippen LogP contribution in [-0.2, 0) is 13.1 Å². The average molecular weight is 365 g/mol. The van der Waals surface area contributed by atoms with Crippen molar-refractivity contribution in [3.63, 3.8) is 0 Å². The van der Waals surface area contributed by atoms with Crippen LogP contribution in [0, 0.1) is 0 Å². The zero-order chi connectivity index (χ0) is 18.6. The Bertz CT molecular complexity index is 799. The minimum Gasteiger partial charge on any atom is -0.334 e. The van der Waals surface area contributed by atoms with Gasteiger partial charge in [0.2, 0.25) is 0 Å². The van der Waals surface area contributed by atoms with Crippen molar-refractivity contribution >= 4 is 12.1 Å². The van der Waals surface area contributed by atoms with E-state index in [0.29, 0.717) is 39.3 Å². The predicted octanol–water partition coefficient (Wildman–Crippen LogP) is 1.91. The Kier molecular flexibility index (Phi) is 4.91. The Morgan fingerprint density at radius 3 is 2.67 bits per heavy atom. The van der Waals surface area contributed by atoms with E-state index < -0.39 is 0 Å². The smallest absolute Gasteiger partial charge is 0.320 e. The number of pyridine rings is 1. The standard InChI is InChI=1S/C20H23N5O2/c26-19(22-12-16-5-2-1-3-6-16)23-9-10-25-18(14-23)15-24(20(25)27)13-17-7-4-8-21-11-17/h1-8,11,18H,9-10,12-15H2,(H,22,26)/t18-/m1/s1. The molecular weight excluding hydrogens is 342 g/mol. The fourth-order valence-corrected chi connectivity index (χ4v) is 3.69. The molecule has 2 aliphatic heterocycles. The number of amides is 4. The molecular formula is C20H23N5O2. The van der Waals surface area contributed by atoms with Crippen molar-refractivity contribution in [1.29, 1.82) is 0 Å². The first-order valence-electron chi connectivity index (χ1n) is 9.22. The number of piperazine rings is 1. The lowest BCUT2D eigenvalue weighted by Crippen LogP contribution is -2.55. The number of carbonyl (C=O) groups is 2. The fourth-order valence-electron chi connectivity index (χ4n) is 3.69. The quantitative estimate of drug-likeness (QED) is 0.900. The first kappa shape index (κ1) is 17.3. The summed E-state index contributed by atoms with van der Waals surface area (Å²) in [5.41, 5.74) is 2.09. The van der Waals surface area contributed by atoms with Crippen LogP contribution in [0.2, 0.25) is 0 Å². The van der Waals surface area contributed by atoms with Crippen molar-refractivity contribution in [3.05, 3.63) is 66.0 Å². The maximum Gasteiger partial charge on any atom is 0.320 e. The van der Waals surface area contributed by atoms with Crippen LogP contribution < -0.4 is 5.32 Å². The van der Waals surface area contributed by atoms with E-state index >= 15 is 0 Å². The van der Waals surface area contributed by atoms with Gasteiger partial charge in [0, 0.05) is 51.7 Å². The van der Waals surface area contributed by atoms with E-state index in [4.69, 9.17) is 0 Å². The summed E-state index contributed by atoms with van der Waals surface area (Å²) in [5, 5.41) is 2.97. The van der Waals surface area contributed by atoms with Crippen LogP contribution in [0.3, 0.4) is 0 Å². The van der Waals surface area contributed by atoms with Gasteiger partial charge in [0.05, 0.1) is 6.04 Å². The summed E-state index contributed by atoms with van der Waals surface area (Å²) in [7, 11) is 0. The molecule has 0 saturated carbocycles. The molecule has 2 aromatic rings. The predicted molar refractivity (Wildman–Crippen MR) is 101 cm³/mol. The number of fused-ring (bicyclic) bond motifs is 1. The minimum atomic E-state index is -0.0725. The van der Waals surface area contributed by atoms with E-state index in [1.54, 1.807) is 12.4 Å². The topological polar surface area (TPSA) is 68.8 Å². The van der Waals surface area contributed by atoms with E-state index in [9.17, 15) is 9.59 Å². The van der Waals surface area contributed by atoms with Crippen molar-refractivity contribution in [2.24, 2.45) is 0 Å². The molecule has 0 aliphatic carbocycles. The first-order chi connectivity index (χ1) is 13.2. The maximum atomic E-state index is 12.6. The van der Waals surface area contributed by atoms with Crippen molar-refractivity contribution < 1.29 is 9.59 Å². The van der Waals surface area contributed by atoms with E-state index in [1.807, 2.05) is 57.2 Å². The first-order valence-corrected chi connectivity index (χ1v) is 9.22. The van der Waals surface area contributed by atoms with Gasteiger partial charge in [-0.2, -0.15) is 0 Å². The number of aromatic nitrogens is 1. The molecule has 140 valence electrons. The molecule has 1 aromatic heterocycles. The molecule has 3 heterocycles. The summed E-state index contributed by atoms with van der Waals surface area (Å²) < 4.78 is 0. The van der Waals surface area contributed by atoms with Gasteiger partial charge < -0.3 is 20.0 Å². The molecule has 27 heavy (non-hydrogen) atoms. The van der Waals surface area contributed by atoms with E-state index in [1.165, 1.54) is 0 Å². The van der Waals surface area contributed by atoms with Gasteiger partial charge in [-0.1, -0.05) is 36.4 Å². The number of nitrogens with one attached hydrogen (secondary N) is 1. The van der Waals surface area contributed by atoms with Crippen molar-refractivity contribution in [3.8, 4) is 0 Å². The molecule has 1 atom stereocenters. The number of urea groups is 2. The Labute approximate surface area is 158 Å². The number of nitrogens with zero attached hydrogens (tertiary/aromatic N) is 4. The molecule has 0 unspecified atom stereocenters. The van der Waals surface area contributed by atoms with E-state index in [0.717, 1.165) is 11.1 Å². The van der Waals surface area contributed by atoms with Crippen LogP contribution in [0.5, 0.6) is 0 Å². The molecule has 7 nitrogen and oxygen atoms in total. The van der Waals surface area contributed by atoms with Crippen LogP contribution in [0.25, 0.3) is 0 Å². The summed E-state index contributed by atoms with van der Waals surface area (Å²) >= 11 is 0. The van der Waals surface area contributed by atoms with Crippen LogP contribution in [-0.4, -0.2) is 64.0 Å². The molecule has 0 spiro atoms. The highest BCUT2D eigenvalue weighted by molar-refractivity contribution is 5.79. The van der Waals surface area contributed by atoms with Gasteiger partial charge in [0.1, 0.15) is 0 Å². The SMILES string of the molecule is O=C(NCc1ccccc1)N1CCN2C(=O)N(Cc3cccnc3)C[C@H]2C1. The van der Waals surface area contributed by atoms with E-state index in [-0.39, 0.29) is 18.1 Å². The largest absolute Gasteiger partial charge is 0.334 e. The highest BCUT2D eigenvalue weighted by Gasteiger charge is 2.41. The lowest BCUT2D eigenvalue weighted by Gasteiger charge is -2.36. The third-order valence-electron chi connectivity index (χ3n) is 5.10. The molecule has 2 saturated heterocycles. The van der Waals surface area contributed by atoms with Crippen LogP contribution >= 0.6 is 0 Å². The van der Waals surface area contributed by atoms with Crippen LogP contribution in [0.15, 0.2) is 54.9 Å². The monoisotopic (exact) mass is 365 g/mol. The normalized spacial score (nSPS) is 19.2. The number of rotatable bonds is 4. The van der Waals surface area contributed by atoms with Gasteiger partial charge in [-0.3, -0.25) is 4.98 Å². The fraction of sp³-hybridized carbons (Fsp3) is 0.350. The number of carbonyl (C=O) groups excluding carboxylic acids is 2. The second kappa shape index (κ2) is 7.65. The van der Waals surface area contributed by atoms with Crippen LogP contribution in [0.1, 0.15) is 11.1 Å². The lowest BCUT2D eigenvalue weighted by atomic mass is 10.2. The van der Waals surface area contributed by atoms with Crippen LogP contribution in [0.4, 0.5) is 9.59 Å². The Balaban J connectivity index is 1.33. The summed E-state index contributed by atoms with van der Waals surface area (Å²) in [6, 6.07) is 13.7. The summed E-state index contributed by atoms with van der Waals surface area (Å²) in [6.07, 6.45) is 3.51. The number of hydrogen-bond donors (Lipinski definition) is 1. The van der Waals surface area contributed by atoms with Gasteiger partial charge in [-0.15, -0.1) is 0 Å². The highest BCUT2D eigenvalue weighted by Crippen LogP contribution is 2.22. The maximum absolute atomic E-state index is 12.6. The van der Waals surface area contributed by atoms with E-state index in [2.05, 4.69) is 10.3 Å². The van der Waals surface area contributed by atoms with Crippen molar-refractivity contribution in [1.82, 2.24) is 25.0 Å². The minimum absolute atomic E-state index is 0.0467. The molecule has 7 heteroatoms. The Hall–Kier alpha value is -3.09. The van der Waals surface area contributed by atoms with Crippen molar-refractivity contribution in [2.75, 3.05) is 26.2 Å². The third kappa shape index (κ3) is 3.86. The van der Waals surface area contributed by atoms with Crippen molar-refractivity contribution in [2.45, 2.75) is 19.1 Å². The average Bonchev–Trinajstić information content (AvgIpc) is 3.02. The number of hydrogen-bond acceptors (Lipinski definition) is 3. The zero-order valence-electron chi connectivity index (χ0n) is 15.1. The van der Waals surface area contributed by atoms with Gasteiger partial charge in [-0.05, 0) is 17.2 Å². The van der Waals surface area contributed by atoms with Gasteiger partial charge in [0.25, 0.3) is 0 Å². The highest BCUT2D eigenvalue weighted by atomic mass is 16.2. The summed E-state index contributed by atoms with van der Waals surface area (Å²) in [6.45, 7) is 3.40. The third-order valence-corrected chi connectivity index (χ3v) is 5.10. The van der Waals surface area contributed by atoms with Gasteiger partial charge >= 0.3 is 12.1 Å².